The van der Waals surface area contributed by atoms with Crippen LogP contribution < -0.4 is 0 Å². The molecule has 1 aromatic heterocycles. The van der Waals surface area contributed by atoms with Crippen LogP contribution in [0.1, 0.15) is 24.6 Å². The number of carboxylic acids is 1. The molecular formula is C16H17NO2. The minimum absolute atomic E-state index is 0.123. The second-order valence-corrected chi connectivity index (χ2v) is 4.49. The molecule has 0 aliphatic carbocycles. The van der Waals surface area contributed by atoms with Crippen LogP contribution in [0.3, 0.4) is 0 Å². The number of aliphatic carboxylic acids is 1. The van der Waals surface area contributed by atoms with E-state index in [2.05, 4.69) is 30.1 Å². The van der Waals surface area contributed by atoms with Crippen LogP contribution in [-0.2, 0) is 17.6 Å². The van der Waals surface area contributed by atoms with E-state index in [0.717, 1.165) is 23.2 Å². The van der Waals surface area contributed by atoms with Crippen molar-refractivity contribution in [2.75, 3.05) is 0 Å². The zero-order valence-corrected chi connectivity index (χ0v) is 11.0. The van der Waals surface area contributed by atoms with Crippen molar-refractivity contribution >= 4 is 5.97 Å². The highest BCUT2D eigenvalue weighted by molar-refractivity contribution is 5.67. The van der Waals surface area contributed by atoms with E-state index in [1.165, 1.54) is 5.56 Å². The van der Waals surface area contributed by atoms with Crippen LogP contribution in [0.4, 0.5) is 0 Å². The predicted molar refractivity (Wildman–Crippen MR) is 75.0 cm³/mol. The first-order valence-electron chi connectivity index (χ1n) is 6.45. The van der Waals surface area contributed by atoms with Crippen molar-refractivity contribution in [1.82, 2.24) is 4.98 Å². The molecule has 19 heavy (non-hydrogen) atoms. The summed E-state index contributed by atoms with van der Waals surface area (Å²) in [4.78, 5) is 14.8. The Morgan fingerprint density at radius 2 is 2.05 bits per heavy atom. The maximum atomic E-state index is 10.5. The van der Waals surface area contributed by atoms with Crippen LogP contribution in [-0.4, -0.2) is 16.1 Å². The molecule has 0 unspecified atom stereocenters. The second kappa shape index (κ2) is 6.14. The van der Waals surface area contributed by atoms with Gasteiger partial charge in [0.25, 0.3) is 0 Å². The number of hydrogen-bond acceptors (Lipinski definition) is 2. The fourth-order valence-corrected chi connectivity index (χ4v) is 1.95. The zero-order chi connectivity index (χ0) is 13.7. The van der Waals surface area contributed by atoms with Crippen molar-refractivity contribution in [3.63, 3.8) is 0 Å². The van der Waals surface area contributed by atoms with Gasteiger partial charge in [-0.2, -0.15) is 0 Å². The molecule has 0 aliphatic heterocycles. The Morgan fingerprint density at radius 1 is 1.21 bits per heavy atom. The lowest BCUT2D eigenvalue weighted by Gasteiger charge is -2.05. The van der Waals surface area contributed by atoms with Crippen LogP contribution in [0.15, 0.2) is 42.6 Å². The molecule has 0 spiro atoms. The lowest BCUT2D eigenvalue weighted by Crippen LogP contribution is -1.99. The van der Waals surface area contributed by atoms with Gasteiger partial charge in [0.05, 0.1) is 6.42 Å². The Morgan fingerprint density at radius 3 is 2.68 bits per heavy atom. The van der Waals surface area contributed by atoms with E-state index < -0.39 is 5.97 Å². The second-order valence-electron chi connectivity index (χ2n) is 4.49. The number of benzene rings is 1. The lowest BCUT2D eigenvalue weighted by molar-refractivity contribution is -0.136. The van der Waals surface area contributed by atoms with Crippen molar-refractivity contribution in [1.29, 1.82) is 0 Å². The number of hydrogen-bond donors (Lipinski definition) is 1. The van der Waals surface area contributed by atoms with E-state index in [4.69, 9.17) is 5.11 Å². The first-order chi connectivity index (χ1) is 9.19. The van der Waals surface area contributed by atoms with Gasteiger partial charge < -0.3 is 5.11 Å². The van der Waals surface area contributed by atoms with Gasteiger partial charge in [-0.15, -0.1) is 0 Å². The van der Waals surface area contributed by atoms with Gasteiger partial charge in [-0.1, -0.05) is 37.3 Å². The highest BCUT2D eigenvalue weighted by Gasteiger charge is 2.02. The Balaban J connectivity index is 2.15. The molecule has 1 heterocycles. The molecule has 1 N–H and O–H groups in total. The summed E-state index contributed by atoms with van der Waals surface area (Å²) in [5.74, 6) is -0.790. The number of aryl methyl sites for hydroxylation is 2. The molecule has 3 heteroatoms. The molecule has 0 saturated carbocycles. The topological polar surface area (TPSA) is 50.2 Å². The number of rotatable bonds is 5. The number of aromatic nitrogens is 1. The summed E-state index contributed by atoms with van der Waals surface area (Å²) in [6.07, 6.45) is 3.42. The van der Waals surface area contributed by atoms with Gasteiger partial charge in [-0.25, -0.2) is 0 Å². The molecule has 2 aromatic rings. The van der Waals surface area contributed by atoms with Crippen LogP contribution in [0, 0.1) is 0 Å². The Bertz CT molecular complexity index is 561. The molecule has 0 radical (unpaired) electrons. The molecule has 0 atom stereocenters. The molecule has 0 bridgehead atoms. The van der Waals surface area contributed by atoms with Gasteiger partial charge >= 0.3 is 5.97 Å². The normalized spacial score (nSPS) is 10.4. The third-order valence-corrected chi connectivity index (χ3v) is 3.09. The highest BCUT2D eigenvalue weighted by Crippen LogP contribution is 2.20. The predicted octanol–water partition coefficient (Wildman–Crippen LogP) is 3.33. The van der Waals surface area contributed by atoms with Crippen LogP contribution >= 0.6 is 0 Å². The number of pyridine rings is 1. The van der Waals surface area contributed by atoms with E-state index in [-0.39, 0.29) is 6.42 Å². The van der Waals surface area contributed by atoms with E-state index in [1.807, 2.05) is 24.4 Å². The van der Waals surface area contributed by atoms with Gasteiger partial charge in [0.1, 0.15) is 0 Å². The smallest absolute Gasteiger partial charge is 0.303 e. The molecule has 2 rings (SSSR count). The summed E-state index contributed by atoms with van der Waals surface area (Å²) in [5.41, 5.74) is 4.33. The van der Waals surface area contributed by atoms with Gasteiger partial charge in [0.2, 0.25) is 0 Å². The molecule has 98 valence electrons. The SMILES string of the molecule is CCc1cccc(-c2ccc(CCC(=O)O)nc2)c1. The fraction of sp³-hybridized carbons (Fsp3) is 0.250. The van der Waals surface area contributed by atoms with E-state index in [0.29, 0.717) is 6.42 Å². The number of carboxylic acid groups (broad SMARTS) is 1. The minimum Gasteiger partial charge on any atom is -0.481 e. The van der Waals surface area contributed by atoms with Crippen LogP contribution in [0.5, 0.6) is 0 Å². The number of carbonyl (C=O) groups is 1. The van der Waals surface area contributed by atoms with E-state index >= 15 is 0 Å². The summed E-state index contributed by atoms with van der Waals surface area (Å²) in [7, 11) is 0. The quantitative estimate of drug-likeness (QED) is 0.891. The third-order valence-electron chi connectivity index (χ3n) is 3.09. The van der Waals surface area contributed by atoms with Crippen molar-refractivity contribution in [2.24, 2.45) is 0 Å². The summed E-state index contributed by atoms with van der Waals surface area (Å²) in [6.45, 7) is 2.13. The average molecular weight is 255 g/mol. The summed E-state index contributed by atoms with van der Waals surface area (Å²) in [6, 6.07) is 12.3. The standard InChI is InChI=1S/C16H17NO2/c1-2-12-4-3-5-13(10-12)14-6-7-15(17-11-14)8-9-16(18)19/h3-7,10-11H,2,8-9H2,1H3,(H,18,19). The van der Waals surface area contributed by atoms with Crippen LogP contribution in [0.25, 0.3) is 11.1 Å². The Labute approximate surface area is 112 Å². The monoisotopic (exact) mass is 255 g/mol. The third kappa shape index (κ3) is 3.65. The van der Waals surface area contributed by atoms with Gasteiger partial charge in [0.15, 0.2) is 0 Å². The van der Waals surface area contributed by atoms with Gasteiger partial charge in [-0.3, -0.25) is 9.78 Å². The summed E-state index contributed by atoms with van der Waals surface area (Å²) in [5, 5.41) is 8.64. The molecular weight excluding hydrogens is 238 g/mol. The highest BCUT2D eigenvalue weighted by atomic mass is 16.4. The summed E-state index contributed by atoms with van der Waals surface area (Å²) < 4.78 is 0. The average Bonchev–Trinajstić information content (AvgIpc) is 2.45. The fourth-order valence-electron chi connectivity index (χ4n) is 1.95. The molecule has 1 aromatic carbocycles. The summed E-state index contributed by atoms with van der Waals surface area (Å²) >= 11 is 0. The van der Waals surface area contributed by atoms with Crippen molar-refractivity contribution in [3.8, 4) is 11.1 Å². The largest absolute Gasteiger partial charge is 0.481 e. The van der Waals surface area contributed by atoms with E-state index in [1.54, 1.807) is 0 Å². The van der Waals surface area contributed by atoms with Crippen molar-refractivity contribution in [3.05, 3.63) is 53.9 Å². The first-order valence-corrected chi connectivity index (χ1v) is 6.45. The van der Waals surface area contributed by atoms with Crippen molar-refractivity contribution < 1.29 is 9.90 Å². The molecule has 0 saturated heterocycles. The van der Waals surface area contributed by atoms with Gasteiger partial charge in [0, 0.05) is 23.9 Å². The first kappa shape index (κ1) is 13.3. The molecule has 0 aliphatic rings. The number of nitrogens with zero attached hydrogens (tertiary/aromatic N) is 1. The Hall–Kier alpha value is -2.16. The van der Waals surface area contributed by atoms with Crippen LogP contribution in [0.2, 0.25) is 0 Å². The minimum atomic E-state index is -0.790. The molecule has 3 nitrogen and oxygen atoms in total. The molecule has 0 fully saturated rings. The maximum absolute atomic E-state index is 10.5. The van der Waals surface area contributed by atoms with Gasteiger partial charge in [-0.05, 0) is 23.6 Å². The lowest BCUT2D eigenvalue weighted by atomic mass is 10.0. The Kier molecular flexibility index (Phi) is 4.29. The maximum Gasteiger partial charge on any atom is 0.303 e. The van der Waals surface area contributed by atoms with Crippen molar-refractivity contribution in [2.45, 2.75) is 26.2 Å². The zero-order valence-electron chi connectivity index (χ0n) is 11.0. The molecule has 0 amide bonds. The van der Waals surface area contributed by atoms with E-state index in [9.17, 15) is 4.79 Å².